The number of phenolic OH excluding ortho intramolecular Hbond substituents is 1. The number of hydrogen-bond donors (Lipinski definition) is 2. The summed E-state index contributed by atoms with van der Waals surface area (Å²) in [6.45, 7) is 7.54. The molecule has 2 aromatic carbocycles. The molecule has 0 aromatic heterocycles. The summed E-state index contributed by atoms with van der Waals surface area (Å²) in [5, 5.41) is 12.4. The van der Waals surface area contributed by atoms with E-state index in [1.807, 2.05) is 23.2 Å². The standard InChI is InChI=1S/C22H30N2O.ClH/c1-22(2,3)19-11-12-20(25)18(15-19)14-17-10-7-13-24(23)21(17)16-8-5-4-6-9-16;/h4-6,8-9,11-12,15,17,21,25H,7,10,13-14,23H2,1-3H3;1H. The Morgan fingerprint density at radius 3 is 2.46 bits per heavy atom. The molecule has 1 aliphatic heterocycles. The van der Waals surface area contributed by atoms with Crippen molar-refractivity contribution in [3.8, 4) is 5.75 Å². The molecule has 3 N–H and O–H groups in total. The normalized spacial score (nSPS) is 21.2. The SMILES string of the molecule is CC(C)(C)c1ccc(O)c(CC2CCCN(N)C2c2ccccc2)c1.Cl. The van der Waals surface area contributed by atoms with Gasteiger partial charge in [0.05, 0.1) is 6.04 Å². The number of aromatic hydroxyl groups is 1. The Morgan fingerprint density at radius 2 is 1.81 bits per heavy atom. The van der Waals surface area contributed by atoms with Gasteiger partial charge < -0.3 is 5.11 Å². The number of halogens is 1. The highest BCUT2D eigenvalue weighted by Gasteiger charge is 2.31. The molecule has 2 unspecified atom stereocenters. The van der Waals surface area contributed by atoms with Gasteiger partial charge in [-0.2, -0.15) is 0 Å². The van der Waals surface area contributed by atoms with Crippen LogP contribution in [0.2, 0.25) is 0 Å². The van der Waals surface area contributed by atoms with Gasteiger partial charge in [-0.3, -0.25) is 5.84 Å². The van der Waals surface area contributed by atoms with E-state index in [9.17, 15) is 5.11 Å². The van der Waals surface area contributed by atoms with Gasteiger partial charge in [-0.05, 0) is 53.4 Å². The second-order valence-electron chi connectivity index (χ2n) is 8.29. The third kappa shape index (κ3) is 4.59. The Labute approximate surface area is 163 Å². The number of phenols is 1. The highest BCUT2D eigenvalue weighted by molar-refractivity contribution is 5.85. The fourth-order valence-electron chi connectivity index (χ4n) is 3.93. The molecule has 26 heavy (non-hydrogen) atoms. The van der Waals surface area contributed by atoms with E-state index in [0.717, 1.165) is 31.4 Å². The zero-order valence-electron chi connectivity index (χ0n) is 16.0. The monoisotopic (exact) mass is 374 g/mol. The van der Waals surface area contributed by atoms with Crippen LogP contribution < -0.4 is 5.84 Å². The van der Waals surface area contributed by atoms with Crippen LogP contribution in [0.3, 0.4) is 0 Å². The molecule has 1 aliphatic rings. The van der Waals surface area contributed by atoms with Gasteiger partial charge in [0, 0.05) is 6.54 Å². The highest BCUT2D eigenvalue weighted by atomic mass is 35.5. The molecule has 142 valence electrons. The molecular weight excluding hydrogens is 344 g/mol. The molecule has 1 fully saturated rings. The lowest BCUT2D eigenvalue weighted by molar-refractivity contribution is 0.0923. The maximum Gasteiger partial charge on any atom is 0.118 e. The summed E-state index contributed by atoms with van der Waals surface area (Å²) < 4.78 is 0. The fourth-order valence-corrected chi connectivity index (χ4v) is 3.93. The average molecular weight is 375 g/mol. The van der Waals surface area contributed by atoms with Gasteiger partial charge in [0.1, 0.15) is 5.75 Å². The van der Waals surface area contributed by atoms with Crippen LogP contribution in [0.1, 0.15) is 56.3 Å². The lowest BCUT2D eigenvalue weighted by Gasteiger charge is -2.39. The van der Waals surface area contributed by atoms with Gasteiger partial charge in [-0.15, -0.1) is 12.4 Å². The summed E-state index contributed by atoms with van der Waals surface area (Å²) in [4.78, 5) is 0. The number of piperidine rings is 1. The van der Waals surface area contributed by atoms with Crippen molar-refractivity contribution in [2.45, 2.75) is 51.5 Å². The number of nitrogens with zero attached hydrogens (tertiary/aromatic N) is 1. The lowest BCUT2D eigenvalue weighted by atomic mass is 9.80. The molecule has 0 spiro atoms. The topological polar surface area (TPSA) is 49.5 Å². The van der Waals surface area contributed by atoms with E-state index in [2.05, 4.69) is 51.1 Å². The highest BCUT2D eigenvalue weighted by Crippen LogP contribution is 2.38. The van der Waals surface area contributed by atoms with Crippen LogP contribution in [0.25, 0.3) is 0 Å². The zero-order chi connectivity index (χ0) is 18.0. The van der Waals surface area contributed by atoms with Gasteiger partial charge >= 0.3 is 0 Å². The fraction of sp³-hybridized carbons (Fsp3) is 0.455. The third-order valence-corrected chi connectivity index (χ3v) is 5.36. The number of hydrogen-bond acceptors (Lipinski definition) is 3. The van der Waals surface area contributed by atoms with E-state index in [-0.39, 0.29) is 23.9 Å². The smallest absolute Gasteiger partial charge is 0.118 e. The number of hydrazine groups is 1. The Bertz CT molecular complexity index is 712. The zero-order valence-corrected chi connectivity index (χ0v) is 16.8. The predicted molar refractivity (Wildman–Crippen MR) is 111 cm³/mol. The van der Waals surface area contributed by atoms with Crippen LogP contribution >= 0.6 is 12.4 Å². The van der Waals surface area contributed by atoms with E-state index in [1.54, 1.807) is 0 Å². The largest absolute Gasteiger partial charge is 0.508 e. The minimum Gasteiger partial charge on any atom is -0.508 e. The molecule has 3 nitrogen and oxygen atoms in total. The Hall–Kier alpha value is -1.55. The van der Waals surface area contributed by atoms with Gasteiger partial charge in [0.25, 0.3) is 0 Å². The average Bonchev–Trinajstić information content (AvgIpc) is 2.57. The van der Waals surface area contributed by atoms with E-state index in [4.69, 9.17) is 5.84 Å². The summed E-state index contributed by atoms with van der Waals surface area (Å²) in [5.41, 5.74) is 3.64. The Kier molecular flexibility index (Phi) is 6.73. The molecule has 4 heteroatoms. The molecule has 0 radical (unpaired) electrons. The first kappa shape index (κ1) is 20.8. The summed E-state index contributed by atoms with van der Waals surface area (Å²) in [7, 11) is 0. The van der Waals surface area contributed by atoms with Gasteiger partial charge in [-0.25, -0.2) is 5.01 Å². The minimum atomic E-state index is 0. The third-order valence-electron chi connectivity index (χ3n) is 5.36. The predicted octanol–water partition coefficient (Wildman–Crippen LogP) is 4.98. The van der Waals surface area contributed by atoms with E-state index < -0.39 is 0 Å². The summed E-state index contributed by atoms with van der Waals surface area (Å²) in [6.07, 6.45) is 3.08. The number of rotatable bonds is 3. The summed E-state index contributed by atoms with van der Waals surface area (Å²) in [6, 6.07) is 16.8. The van der Waals surface area contributed by atoms with Crippen LogP contribution in [-0.2, 0) is 11.8 Å². The van der Waals surface area contributed by atoms with Crippen LogP contribution in [0.4, 0.5) is 0 Å². The van der Waals surface area contributed by atoms with Crippen molar-refractivity contribution in [2.24, 2.45) is 11.8 Å². The molecule has 2 atom stereocenters. The second-order valence-corrected chi connectivity index (χ2v) is 8.29. The molecule has 0 amide bonds. The van der Waals surface area contributed by atoms with Crippen molar-refractivity contribution in [1.82, 2.24) is 5.01 Å². The van der Waals surface area contributed by atoms with Gasteiger partial charge in [-0.1, -0.05) is 63.2 Å². The van der Waals surface area contributed by atoms with Crippen molar-refractivity contribution in [1.29, 1.82) is 0 Å². The van der Waals surface area contributed by atoms with Gasteiger partial charge in [0.15, 0.2) is 0 Å². The van der Waals surface area contributed by atoms with Crippen LogP contribution in [0, 0.1) is 5.92 Å². The maximum absolute atomic E-state index is 10.4. The minimum absolute atomic E-state index is 0. The van der Waals surface area contributed by atoms with Crippen molar-refractivity contribution >= 4 is 12.4 Å². The molecule has 1 saturated heterocycles. The lowest BCUT2D eigenvalue weighted by Crippen LogP contribution is -2.44. The van der Waals surface area contributed by atoms with E-state index in [1.165, 1.54) is 11.1 Å². The Balaban J connectivity index is 0.00000243. The molecule has 1 heterocycles. The first-order valence-corrected chi connectivity index (χ1v) is 9.25. The quantitative estimate of drug-likeness (QED) is 0.745. The van der Waals surface area contributed by atoms with Crippen molar-refractivity contribution in [2.75, 3.05) is 6.54 Å². The van der Waals surface area contributed by atoms with Crippen LogP contribution in [-0.4, -0.2) is 16.7 Å². The van der Waals surface area contributed by atoms with Crippen LogP contribution in [0.15, 0.2) is 48.5 Å². The Morgan fingerprint density at radius 1 is 1.12 bits per heavy atom. The summed E-state index contributed by atoms with van der Waals surface area (Å²) in [5.74, 6) is 7.17. The molecule has 2 aromatic rings. The second kappa shape index (κ2) is 8.43. The van der Waals surface area contributed by atoms with Gasteiger partial charge in [0.2, 0.25) is 0 Å². The molecule has 0 bridgehead atoms. The van der Waals surface area contributed by atoms with Crippen molar-refractivity contribution in [3.05, 3.63) is 65.2 Å². The summed E-state index contributed by atoms with van der Waals surface area (Å²) >= 11 is 0. The molecular formula is C22H31ClN2O. The first-order valence-electron chi connectivity index (χ1n) is 9.25. The molecule has 0 saturated carbocycles. The van der Waals surface area contributed by atoms with Crippen molar-refractivity contribution in [3.63, 3.8) is 0 Å². The number of benzene rings is 2. The number of nitrogens with two attached hydrogens (primary N) is 1. The molecule has 0 aliphatic carbocycles. The maximum atomic E-state index is 10.4. The molecule has 3 rings (SSSR count). The van der Waals surface area contributed by atoms with E-state index >= 15 is 0 Å². The van der Waals surface area contributed by atoms with Crippen molar-refractivity contribution < 1.29 is 5.11 Å². The van der Waals surface area contributed by atoms with Crippen LogP contribution in [0.5, 0.6) is 5.75 Å². The van der Waals surface area contributed by atoms with E-state index in [0.29, 0.717) is 11.7 Å². The first-order chi connectivity index (χ1) is 11.9.